The van der Waals surface area contributed by atoms with E-state index >= 15 is 0 Å². The number of nitrogens with zero attached hydrogens (tertiary/aromatic N) is 1. The van der Waals surface area contributed by atoms with Gasteiger partial charge in [0.25, 0.3) is 0 Å². The van der Waals surface area contributed by atoms with Crippen molar-refractivity contribution in [1.82, 2.24) is 4.90 Å². The molecular weight excluding hydrogens is 415 g/mol. The Morgan fingerprint density at radius 2 is 1.79 bits per heavy atom. The molecule has 29 heavy (non-hydrogen) atoms. The summed E-state index contributed by atoms with van der Waals surface area (Å²) >= 11 is 0. The van der Waals surface area contributed by atoms with Crippen molar-refractivity contribution in [3.63, 3.8) is 0 Å². The molecule has 2 aliphatic heterocycles. The van der Waals surface area contributed by atoms with E-state index in [0.717, 1.165) is 50.0 Å². The number of amides is 2. The summed E-state index contributed by atoms with van der Waals surface area (Å²) in [5.41, 5.74) is 13.5. The van der Waals surface area contributed by atoms with E-state index in [-0.39, 0.29) is 48.5 Å². The molecule has 2 unspecified atom stereocenters. The highest BCUT2D eigenvalue weighted by molar-refractivity contribution is 5.94. The lowest BCUT2D eigenvalue weighted by Crippen LogP contribution is -2.44. The van der Waals surface area contributed by atoms with E-state index in [0.29, 0.717) is 19.8 Å². The second kappa shape index (κ2) is 12.3. The molecule has 2 fully saturated rings. The van der Waals surface area contributed by atoms with Crippen LogP contribution in [0, 0.1) is 11.8 Å². The minimum absolute atomic E-state index is 0. The molecule has 0 bridgehead atoms. The SMILES string of the molecule is Cl.Cl.NC(=O)C1CCCN(Cc2ccc(NC(=O)C(N)C3CCOCC3)cc2)C1. The number of anilines is 1. The zero-order valence-electron chi connectivity index (χ0n) is 16.5. The fraction of sp³-hybridized carbons (Fsp3) is 0.600. The molecule has 0 aliphatic carbocycles. The Balaban J connectivity index is 0.00000210. The van der Waals surface area contributed by atoms with Crippen molar-refractivity contribution in [2.24, 2.45) is 23.3 Å². The Bertz CT molecular complexity index is 654. The van der Waals surface area contributed by atoms with Gasteiger partial charge in [0.05, 0.1) is 12.0 Å². The third-order valence-electron chi connectivity index (χ3n) is 5.61. The Labute approximate surface area is 184 Å². The van der Waals surface area contributed by atoms with Crippen molar-refractivity contribution < 1.29 is 14.3 Å². The Morgan fingerprint density at radius 3 is 2.41 bits per heavy atom. The van der Waals surface area contributed by atoms with Gasteiger partial charge in [0, 0.05) is 32.0 Å². The van der Waals surface area contributed by atoms with Gasteiger partial charge in [-0.15, -0.1) is 24.8 Å². The fourth-order valence-corrected chi connectivity index (χ4v) is 3.90. The number of piperidine rings is 1. The molecule has 2 aliphatic rings. The van der Waals surface area contributed by atoms with Gasteiger partial charge in [-0.05, 0) is 55.8 Å². The van der Waals surface area contributed by atoms with Crippen LogP contribution in [0.4, 0.5) is 5.69 Å². The molecule has 5 N–H and O–H groups in total. The number of ether oxygens (including phenoxy) is 1. The first-order valence-electron chi connectivity index (χ1n) is 9.77. The molecule has 0 saturated carbocycles. The smallest absolute Gasteiger partial charge is 0.241 e. The van der Waals surface area contributed by atoms with Crippen molar-refractivity contribution in [3.8, 4) is 0 Å². The van der Waals surface area contributed by atoms with E-state index in [1.807, 2.05) is 24.3 Å². The van der Waals surface area contributed by atoms with Crippen LogP contribution in [-0.2, 0) is 20.9 Å². The molecule has 2 atom stereocenters. The second-order valence-corrected chi connectivity index (χ2v) is 7.64. The number of hydrogen-bond acceptors (Lipinski definition) is 5. The first-order valence-corrected chi connectivity index (χ1v) is 9.77. The van der Waals surface area contributed by atoms with Gasteiger partial charge in [0.1, 0.15) is 0 Å². The number of carbonyl (C=O) groups is 2. The highest BCUT2D eigenvalue weighted by Crippen LogP contribution is 2.21. The van der Waals surface area contributed by atoms with Crippen LogP contribution in [0.15, 0.2) is 24.3 Å². The van der Waals surface area contributed by atoms with Gasteiger partial charge in [0.2, 0.25) is 11.8 Å². The number of likely N-dealkylation sites (tertiary alicyclic amines) is 1. The van der Waals surface area contributed by atoms with Crippen molar-refractivity contribution >= 4 is 42.3 Å². The molecule has 0 radical (unpaired) electrons. The predicted molar refractivity (Wildman–Crippen MR) is 118 cm³/mol. The van der Waals surface area contributed by atoms with E-state index in [4.69, 9.17) is 16.2 Å². The zero-order valence-corrected chi connectivity index (χ0v) is 18.2. The maximum absolute atomic E-state index is 12.4. The van der Waals surface area contributed by atoms with E-state index in [1.54, 1.807) is 0 Å². The third kappa shape index (κ3) is 7.42. The van der Waals surface area contributed by atoms with Gasteiger partial charge in [-0.1, -0.05) is 12.1 Å². The van der Waals surface area contributed by atoms with E-state index < -0.39 is 6.04 Å². The number of primary amides is 1. The summed E-state index contributed by atoms with van der Waals surface area (Å²) in [5.74, 6) is -0.229. The van der Waals surface area contributed by atoms with Crippen LogP contribution in [-0.4, -0.2) is 49.1 Å². The number of carbonyl (C=O) groups excluding carboxylic acids is 2. The van der Waals surface area contributed by atoms with Gasteiger partial charge in [-0.3, -0.25) is 14.5 Å². The van der Waals surface area contributed by atoms with Gasteiger partial charge >= 0.3 is 0 Å². The minimum atomic E-state index is -0.507. The molecule has 0 aromatic heterocycles. The molecule has 0 spiro atoms. The van der Waals surface area contributed by atoms with E-state index in [9.17, 15) is 9.59 Å². The van der Waals surface area contributed by atoms with Gasteiger partial charge < -0.3 is 21.5 Å². The van der Waals surface area contributed by atoms with Crippen LogP contribution in [0.5, 0.6) is 0 Å². The molecule has 9 heteroatoms. The lowest BCUT2D eigenvalue weighted by atomic mass is 9.92. The summed E-state index contributed by atoms with van der Waals surface area (Å²) in [6.07, 6.45) is 3.53. The highest BCUT2D eigenvalue weighted by atomic mass is 35.5. The number of rotatable bonds is 6. The molecule has 1 aromatic carbocycles. The first kappa shape index (κ1) is 25.7. The predicted octanol–water partition coefficient (Wildman–Crippen LogP) is 1.92. The largest absolute Gasteiger partial charge is 0.381 e. The minimum Gasteiger partial charge on any atom is -0.381 e. The second-order valence-electron chi connectivity index (χ2n) is 7.64. The number of hydrogen-bond donors (Lipinski definition) is 3. The molecule has 164 valence electrons. The summed E-state index contributed by atoms with van der Waals surface area (Å²) in [5, 5.41) is 2.91. The summed E-state index contributed by atoms with van der Waals surface area (Å²) in [7, 11) is 0. The number of halogens is 2. The van der Waals surface area contributed by atoms with Gasteiger partial charge in [0.15, 0.2) is 0 Å². The van der Waals surface area contributed by atoms with Gasteiger partial charge in [-0.25, -0.2) is 0 Å². The molecule has 2 heterocycles. The van der Waals surface area contributed by atoms with E-state index in [2.05, 4.69) is 10.2 Å². The normalized spacial score (nSPS) is 21.3. The Morgan fingerprint density at radius 1 is 1.14 bits per heavy atom. The van der Waals surface area contributed by atoms with Crippen molar-refractivity contribution in [2.45, 2.75) is 38.3 Å². The van der Waals surface area contributed by atoms with E-state index in [1.165, 1.54) is 0 Å². The highest BCUT2D eigenvalue weighted by Gasteiger charge is 2.27. The summed E-state index contributed by atoms with van der Waals surface area (Å²) < 4.78 is 5.33. The fourth-order valence-electron chi connectivity index (χ4n) is 3.90. The van der Waals surface area contributed by atoms with Crippen LogP contribution in [0.2, 0.25) is 0 Å². The van der Waals surface area contributed by atoms with Crippen LogP contribution in [0.25, 0.3) is 0 Å². The summed E-state index contributed by atoms with van der Waals surface area (Å²) in [6.45, 7) is 3.82. The average Bonchev–Trinajstić information content (AvgIpc) is 2.69. The Kier molecular flexibility index (Phi) is 10.9. The quantitative estimate of drug-likeness (QED) is 0.617. The number of nitrogens with two attached hydrogens (primary N) is 2. The molecule has 7 nitrogen and oxygen atoms in total. The summed E-state index contributed by atoms with van der Waals surface area (Å²) in [6, 6.07) is 7.30. The number of benzene rings is 1. The zero-order chi connectivity index (χ0) is 19.2. The molecule has 2 saturated heterocycles. The Hall–Kier alpha value is -1.38. The van der Waals surface area contributed by atoms with Crippen LogP contribution >= 0.6 is 24.8 Å². The maximum Gasteiger partial charge on any atom is 0.241 e. The molecule has 1 aromatic rings. The average molecular weight is 447 g/mol. The van der Waals surface area contributed by atoms with Crippen LogP contribution < -0.4 is 16.8 Å². The lowest BCUT2D eigenvalue weighted by molar-refractivity contribution is -0.123. The third-order valence-corrected chi connectivity index (χ3v) is 5.61. The maximum atomic E-state index is 12.4. The molecular formula is C20H32Cl2N4O3. The van der Waals surface area contributed by atoms with Gasteiger partial charge in [-0.2, -0.15) is 0 Å². The lowest BCUT2D eigenvalue weighted by Gasteiger charge is -2.31. The molecule has 3 rings (SSSR count). The van der Waals surface area contributed by atoms with Crippen molar-refractivity contribution in [1.29, 1.82) is 0 Å². The monoisotopic (exact) mass is 446 g/mol. The van der Waals surface area contributed by atoms with Crippen LogP contribution in [0.3, 0.4) is 0 Å². The van der Waals surface area contributed by atoms with Crippen molar-refractivity contribution in [2.75, 3.05) is 31.6 Å². The van der Waals surface area contributed by atoms with Crippen molar-refractivity contribution in [3.05, 3.63) is 29.8 Å². The standard InChI is InChI=1S/C20H30N4O3.2ClH/c21-18(15-7-10-27-11-8-15)20(26)23-17-5-3-14(4-6-17)12-24-9-1-2-16(13-24)19(22)25;;/h3-6,15-16,18H,1-2,7-13,21H2,(H2,22,25)(H,23,26);2*1H. The topological polar surface area (TPSA) is 111 Å². The number of nitrogens with one attached hydrogen (secondary N) is 1. The summed E-state index contributed by atoms with van der Waals surface area (Å²) in [4.78, 5) is 26.0. The first-order chi connectivity index (χ1) is 13.0. The van der Waals surface area contributed by atoms with Crippen LogP contribution in [0.1, 0.15) is 31.2 Å². The molecule has 2 amide bonds.